The predicted molar refractivity (Wildman–Crippen MR) is 68.5 cm³/mol. The molecule has 1 aromatic rings. The molecule has 1 saturated carbocycles. The molecule has 5 heteroatoms. The third-order valence-corrected chi connectivity index (χ3v) is 3.27. The molecule has 0 aromatic carbocycles. The van der Waals surface area contributed by atoms with E-state index in [0.29, 0.717) is 24.0 Å². The molecule has 0 saturated heterocycles. The fourth-order valence-corrected chi connectivity index (χ4v) is 1.78. The molecule has 1 atom stereocenters. The Bertz CT molecular complexity index is 405. The van der Waals surface area contributed by atoms with Crippen LogP contribution < -0.4 is 5.32 Å². The van der Waals surface area contributed by atoms with E-state index in [-0.39, 0.29) is 6.10 Å². The van der Waals surface area contributed by atoms with Gasteiger partial charge in [0.05, 0.1) is 6.10 Å². The predicted octanol–water partition coefficient (Wildman–Crippen LogP) is 2.50. The highest BCUT2D eigenvalue weighted by Gasteiger charge is 2.27. The Balaban J connectivity index is 2.08. The van der Waals surface area contributed by atoms with E-state index in [0.717, 1.165) is 30.0 Å². The summed E-state index contributed by atoms with van der Waals surface area (Å²) in [4.78, 5) is 8.81. The van der Waals surface area contributed by atoms with E-state index in [1.165, 1.54) is 0 Å². The highest BCUT2D eigenvalue weighted by molar-refractivity contribution is 6.30. The lowest BCUT2D eigenvalue weighted by atomic mass is 10.2. The Labute approximate surface area is 106 Å². The molecule has 0 amide bonds. The van der Waals surface area contributed by atoms with Crippen LogP contribution in [0.4, 0.5) is 5.82 Å². The first-order valence-electron chi connectivity index (χ1n) is 6.04. The number of aliphatic hydroxyl groups is 1. The number of halogens is 1. The number of nitrogens with one attached hydrogen (secondary N) is 1. The van der Waals surface area contributed by atoms with Gasteiger partial charge in [-0.1, -0.05) is 11.6 Å². The van der Waals surface area contributed by atoms with Crippen molar-refractivity contribution in [2.75, 3.05) is 11.9 Å². The van der Waals surface area contributed by atoms with Gasteiger partial charge in [-0.3, -0.25) is 0 Å². The minimum atomic E-state index is -0.303. The van der Waals surface area contributed by atoms with Crippen molar-refractivity contribution in [3.05, 3.63) is 16.5 Å². The van der Waals surface area contributed by atoms with Crippen molar-refractivity contribution in [2.24, 2.45) is 0 Å². The molecular formula is C12H18ClN3O. The van der Waals surface area contributed by atoms with E-state index in [1.54, 1.807) is 6.92 Å². The van der Waals surface area contributed by atoms with E-state index in [1.807, 2.05) is 6.92 Å². The first-order valence-corrected chi connectivity index (χ1v) is 6.41. The molecule has 17 heavy (non-hydrogen) atoms. The summed E-state index contributed by atoms with van der Waals surface area (Å²) in [6.07, 6.45) is 2.71. The van der Waals surface area contributed by atoms with Gasteiger partial charge in [-0.2, -0.15) is 0 Å². The Kier molecular flexibility index (Phi) is 3.84. The van der Waals surface area contributed by atoms with Gasteiger partial charge in [-0.15, -0.1) is 0 Å². The van der Waals surface area contributed by atoms with Crippen molar-refractivity contribution in [3.8, 4) is 0 Å². The molecule has 4 nitrogen and oxygen atoms in total. The van der Waals surface area contributed by atoms with Crippen molar-refractivity contribution < 1.29 is 5.11 Å². The molecule has 1 aliphatic carbocycles. The normalized spacial score (nSPS) is 16.9. The van der Waals surface area contributed by atoms with Crippen LogP contribution in [-0.2, 0) is 0 Å². The van der Waals surface area contributed by atoms with E-state index >= 15 is 0 Å². The van der Waals surface area contributed by atoms with Crippen LogP contribution >= 0.6 is 11.6 Å². The van der Waals surface area contributed by atoms with Gasteiger partial charge in [-0.05, 0) is 33.1 Å². The fraction of sp³-hybridized carbons (Fsp3) is 0.667. The average Bonchev–Trinajstić information content (AvgIpc) is 3.07. The lowest BCUT2D eigenvalue weighted by Gasteiger charge is -2.11. The number of aromatic nitrogens is 2. The van der Waals surface area contributed by atoms with Crippen molar-refractivity contribution in [2.45, 2.75) is 45.1 Å². The first kappa shape index (κ1) is 12.6. The van der Waals surface area contributed by atoms with Crippen LogP contribution in [0.2, 0.25) is 5.15 Å². The van der Waals surface area contributed by atoms with Gasteiger partial charge < -0.3 is 10.4 Å². The second-order valence-corrected chi connectivity index (χ2v) is 5.04. The van der Waals surface area contributed by atoms with Crippen molar-refractivity contribution in [1.29, 1.82) is 0 Å². The summed E-state index contributed by atoms with van der Waals surface area (Å²) < 4.78 is 0. The second-order valence-electron chi connectivity index (χ2n) is 4.68. The zero-order valence-corrected chi connectivity index (χ0v) is 11.0. The molecule has 1 fully saturated rings. The molecule has 1 aromatic heterocycles. The molecule has 1 unspecified atom stereocenters. The summed E-state index contributed by atoms with van der Waals surface area (Å²) in [5.74, 6) is 2.14. The molecular weight excluding hydrogens is 238 g/mol. The van der Waals surface area contributed by atoms with Crippen LogP contribution in [0.5, 0.6) is 0 Å². The van der Waals surface area contributed by atoms with E-state index in [4.69, 9.17) is 11.6 Å². The lowest BCUT2D eigenvalue weighted by molar-refractivity contribution is 0.188. The largest absolute Gasteiger partial charge is 0.393 e. The van der Waals surface area contributed by atoms with Gasteiger partial charge in [0.15, 0.2) is 0 Å². The zero-order chi connectivity index (χ0) is 12.4. The first-order chi connectivity index (χ1) is 8.08. The number of hydrogen-bond donors (Lipinski definition) is 2. The maximum atomic E-state index is 9.21. The van der Waals surface area contributed by atoms with E-state index in [2.05, 4.69) is 15.3 Å². The molecule has 0 aliphatic heterocycles. The number of aliphatic hydroxyl groups excluding tert-OH is 1. The van der Waals surface area contributed by atoms with E-state index in [9.17, 15) is 5.11 Å². The van der Waals surface area contributed by atoms with Crippen LogP contribution in [0.1, 0.15) is 43.5 Å². The Hall–Kier alpha value is -0.870. The second kappa shape index (κ2) is 5.19. The summed E-state index contributed by atoms with van der Waals surface area (Å²) in [7, 11) is 0. The van der Waals surface area contributed by atoms with Crippen LogP contribution in [0.15, 0.2) is 0 Å². The molecule has 1 heterocycles. The highest BCUT2D eigenvalue weighted by atomic mass is 35.5. The van der Waals surface area contributed by atoms with Crippen LogP contribution in [0, 0.1) is 6.92 Å². The third kappa shape index (κ3) is 3.30. The number of nitrogens with zero attached hydrogens (tertiary/aromatic N) is 2. The van der Waals surface area contributed by atoms with Gasteiger partial charge in [-0.25, -0.2) is 9.97 Å². The van der Waals surface area contributed by atoms with Crippen LogP contribution in [0.3, 0.4) is 0 Å². The van der Waals surface area contributed by atoms with Crippen molar-refractivity contribution in [1.82, 2.24) is 9.97 Å². The SMILES string of the molecule is Cc1c(Cl)nc(C2CC2)nc1NCCC(C)O. The quantitative estimate of drug-likeness (QED) is 0.794. The third-order valence-electron chi connectivity index (χ3n) is 2.90. The Morgan fingerprint density at radius 3 is 2.76 bits per heavy atom. The molecule has 1 aliphatic rings. The Morgan fingerprint density at radius 2 is 2.18 bits per heavy atom. The standard InChI is InChI=1S/C12H18ClN3O/c1-7(17)5-6-14-11-8(2)10(13)15-12(16-11)9-3-4-9/h7,9,17H,3-6H2,1-2H3,(H,14,15,16). The topological polar surface area (TPSA) is 58.0 Å². The summed E-state index contributed by atoms with van der Waals surface area (Å²) in [6.45, 7) is 4.37. The summed E-state index contributed by atoms with van der Waals surface area (Å²) >= 11 is 6.09. The highest BCUT2D eigenvalue weighted by Crippen LogP contribution is 2.39. The monoisotopic (exact) mass is 255 g/mol. The summed E-state index contributed by atoms with van der Waals surface area (Å²) in [5, 5.41) is 12.9. The van der Waals surface area contributed by atoms with Gasteiger partial charge >= 0.3 is 0 Å². The smallest absolute Gasteiger partial charge is 0.137 e. The number of hydrogen-bond acceptors (Lipinski definition) is 4. The molecule has 0 spiro atoms. The fourth-order valence-electron chi connectivity index (χ4n) is 1.60. The maximum absolute atomic E-state index is 9.21. The summed E-state index contributed by atoms with van der Waals surface area (Å²) in [5.41, 5.74) is 0.877. The average molecular weight is 256 g/mol. The minimum Gasteiger partial charge on any atom is -0.393 e. The Morgan fingerprint density at radius 1 is 1.47 bits per heavy atom. The van der Waals surface area contributed by atoms with Crippen molar-refractivity contribution >= 4 is 17.4 Å². The van der Waals surface area contributed by atoms with Gasteiger partial charge in [0, 0.05) is 18.0 Å². The molecule has 2 N–H and O–H groups in total. The van der Waals surface area contributed by atoms with Gasteiger partial charge in [0.2, 0.25) is 0 Å². The number of rotatable bonds is 5. The maximum Gasteiger partial charge on any atom is 0.137 e. The molecule has 2 rings (SSSR count). The van der Waals surface area contributed by atoms with Gasteiger partial charge in [0.1, 0.15) is 16.8 Å². The lowest BCUT2D eigenvalue weighted by Crippen LogP contribution is -2.12. The van der Waals surface area contributed by atoms with Crippen LogP contribution in [0.25, 0.3) is 0 Å². The van der Waals surface area contributed by atoms with Crippen LogP contribution in [-0.4, -0.2) is 27.7 Å². The summed E-state index contributed by atoms with van der Waals surface area (Å²) in [6, 6.07) is 0. The van der Waals surface area contributed by atoms with E-state index < -0.39 is 0 Å². The molecule has 0 radical (unpaired) electrons. The van der Waals surface area contributed by atoms with Gasteiger partial charge in [0.25, 0.3) is 0 Å². The molecule has 94 valence electrons. The number of anilines is 1. The zero-order valence-electron chi connectivity index (χ0n) is 10.2. The molecule has 0 bridgehead atoms. The van der Waals surface area contributed by atoms with Crippen molar-refractivity contribution in [3.63, 3.8) is 0 Å². The minimum absolute atomic E-state index is 0.303.